The number of anilines is 3. The molecule has 1 atom stereocenters. The van der Waals surface area contributed by atoms with E-state index in [1.807, 2.05) is 72.8 Å². The highest BCUT2D eigenvalue weighted by Gasteiger charge is 2.17. The molecule has 0 fully saturated rings. The maximum absolute atomic E-state index is 13.5. The molecule has 0 saturated heterocycles. The predicted molar refractivity (Wildman–Crippen MR) is 199 cm³/mol. The average Bonchev–Trinajstić information content (AvgIpc) is 3.13. The molecule has 0 saturated carbocycles. The van der Waals surface area contributed by atoms with Gasteiger partial charge in [0.1, 0.15) is 18.1 Å². The summed E-state index contributed by atoms with van der Waals surface area (Å²) in [7, 11) is 0. The van der Waals surface area contributed by atoms with Crippen LogP contribution in [0.2, 0.25) is 0 Å². The molecule has 252 valence electrons. The summed E-state index contributed by atoms with van der Waals surface area (Å²) in [6.07, 6.45) is 1.61. The molecule has 0 radical (unpaired) electrons. The van der Waals surface area contributed by atoms with Crippen LogP contribution in [-0.4, -0.2) is 28.9 Å². The lowest BCUT2D eigenvalue weighted by molar-refractivity contribution is -0.115. The van der Waals surface area contributed by atoms with Crippen LogP contribution in [0.25, 0.3) is 6.08 Å². The number of rotatable bonds is 13. The van der Waals surface area contributed by atoms with E-state index < -0.39 is 17.1 Å². The van der Waals surface area contributed by atoms with Gasteiger partial charge in [0.05, 0.1) is 5.25 Å². The third-order valence-electron chi connectivity index (χ3n) is 7.24. The van der Waals surface area contributed by atoms with E-state index in [9.17, 15) is 19.2 Å². The zero-order chi connectivity index (χ0) is 35.3. The van der Waals surface area contributed by atoms with E-state index in [0.29, 0.717) is 40.5 Å². The van der Waals surface area contributed by atoms with Gasteiger partial charge in [0.15, 0.2) is 0 Å². The number of carbonyl (C=O) groups excluding carboxylic acids is 4. The van der Waals surface area contributed by atoms with Gasteiger partial charge in [0.2, 0.25) is 11.8 Å². The maximum atomic E-state index is 13.5. The van der Waals surface area contributed by atoms with E-state index in [4.69, 9.17) is 4.74 Å². The number of hydrogen-bond acceptors (Lipinski definition) is 6. The van der Waals surface area contributed by atoms with Crippen LogP contribution in [0, 0.1) is 0 Å². The smallest absolute Gasteiger partial charge is 0.272 e. The van der Waals surface area contributed by atoms with Gasteiger partial charge in [0.25, 0.3) is 11.8 Å². The quantitative estimate of drug-likeness (QED) is 0.0743. The Labute approximate surface area is 295 Å². The summed E-state index contributed by atoms with van der Waals surface area (Å²) in [6, 6.07) is 39.7. The number of carbonyl (C=O) groups is 4. The highest BCUT2D eigenvalue weighted by Crippen LogP contribution is 2.26. The van der Waals surface area contributed by atoms with Crippen molar-refractivity contribution < 1.29 is 23.9 Å². The molecule has 0 spiro atoms. The predicted octanol–water partition coefficient (Wildman–Crippen LogP) is 7.75. The van der Waals surface area contributed by atoms with Gasteiger partial charge in [0, 0.05) is 34.4 Å². The van der Waals surface area contributed by atoms with Gasteiger partial charge in [-0.25, -0.2) is 0 Å². The minimum Gasteiger partial charge on any atom is -0.489 e. The van der Waals surface area contributed by atoms with E-state index in [1.54, 1.807) is 73.7 Å². The summed E-state index contributed by atoms with van der Waals surface area (Å²) >= 11 is 1.37. The summed E-state index contributed by atoms with van der Waals surface area (Å²) in [5.41, 5.74) is 3.99. The molecule has 0 heterocycles. The highest BCUT2D eigenvalue weighted by atomic mass is 32.2. The third-order valence-corrected chi connectivity index (χ3v) is 8.35. The normalized spacial score (nSPS) is 11.5. The first kappa shape index (κ1) is 35.2. The highest BCUT2D eigenvalue weighted by molar-refractivity contribution is 8.00. The average molecular weight is 685 g/mol. The Morgan fingerprint density at radius 1 is 0.680 bits per heavy atom. The number of benzene rings is 5. The molecular weight excluding hydrogens is 649 g/mol. The van der Waals surface area contributed by atoms with Crippen molar-refractivity contribution in [1.82, 2.24) is 5.32 Å². The van der Waals surface area contributed by atoms with E-state index in [0.717, 1.165) is 10.5 Å². The molecule has 9 nitrogen and oxygen atoms in total. The number of amides is 4. The van der Waals surface area contributed by atoms with E-state index in [2.05, 4.69) is 21.3 Å². The lowest BCUT2D eigenvalue weighted by Crippen LogP contribution is -2.30. The molecule has 4 N–H and O–H groups in total. The first-order chi connectivity index (χ1) is 24.2. The summed E-state index contributed by atoms with van der Waals surface area (Å²) in [4.78, 5) is 51.4. The molecule has 5 rings (SSSR count). The van der Waals surface area contributed by atoms with Crippen molar-refractivity contribution in [3.8, 4) is 5.75 Å². The SMILES string of the molecule is CC(=O)Nc1ccc(NC(=O)C(C)Sc2ccc(NC(=O)/C(=C/c3ccc(OCc4ccccc4)cc3)NC(=O)c3ccccc3)cc2)cc1. The molecule has 1 unspecified atom stereocenters. The first-order valence-electron chi connectivity index (χ1n) is 15.8. The van der Waals surface area contributed by atoms with Crippen LogP contribution >= 0.6 is 11.8 Å². The Morgan fingerprint density at radius 2 is 1.24 bits per heavy atom. The van der Waals surface area contributed by atoms with E-state index >= 15 is 0 Å². The van der Waals surface area contributed by atoms with Crippen molar-refractivity contribution in [2.24, 2.45) is 0 Å². The Balaban J connectivity index is 1.22. The molecule has 50 heavy (non-hydrogen) atoms. The Bertz CT molecular complexity index is 1950. The molecule has 5 aromatic carbocycles. The van der Waals surface area contributed by atoms with Gasteiger partial charge in [-0.2, -0.15) is 0 Å². The Hall–Kier alpha value is -6.13. The topological polar surface area (TPSA) is 126 Å². The van der Waals surface area contributed by atoms with Crippen molar-refractivity contribution in [3.63, 3.8) is 0 Å². The second-order valence-corrected chi connectivity index (χ2v) is 12.6. The number of nitrogens with one attached hydrogen (secondary N) is 4. The van der Waals surface area contributed by atoms with Crippen LogP contribution < -0.4 is 26.0 Å². The number of thioether (sulfide) groups is 1. The molecule has 5 aromatic rings. The summed E-state index contributed by atoms with van der Waals surface area (Å²) in [6.45, 7) is 3.66. The lowest BCUT2D eigenvalue weighted by Gasteiger charge is -2.14. The second-order valence-electron chi connectivity index (χ2n) is 11.2. The fourth-order valence-corrected chi connectivity index (χ4v) is 5.53. The minimum atomic E-state index is -0.503. The van der Waals surface area contributed by atoms with Gasteiger partial charge in [-0.1, -0.05) is 60.7 Å². The van der Waals surface area contributed by atoms with Crippen LogP contribution in [0.5, 0.6) is 5.75 Å². The van der Waals surface area contributed by atoms with Crippen LogP contribution in [-0.2, 0) is 21.0 Å². The zero-order valence-electron chi connectivity index (χ0n) is 27.5. The molecule has 4 amide bonds. The molecular formula is C40H36N4O5S. The zero-order valence-corrected chi connectivity index (χ0v) is 28.3. The summed E-state index contributed by atoms with van der Waals surface area (Å²) in [5, 5.41) is 10.8. The lowest BCUT2D eigenvalue weighted by atomic mass is 10.1. The van der Waals surface area contributed by atoms with Crippen LogP contribution in [0.15, 0.2) is 144 Å². The molecule has 0 aliphatic heterocycles. The largest absolute Gasteiger partial charge is 0.489 e. The van der Waals surface area contributed by atoms with Gasteiger partial charge in [-0.15, -0.1) is 11.8 Å². The second kappa shape index (κ2) is 17.3. The Morgan fingerprint density at radius 3 is 1.86 bits per heavy atom. The van der Waals surface area contributed by atoms with Crippen molar-refractivity contribution >= 4 is 58.5 Å². The van der Waals surface area contributed by atoms with Crippen molar-refractivity contribution in [3.05, 3.63) is 156 Å². The maximum Gasteiger partial charge on any atom is 0.272 e. The summed E-state index contributed by atoms with van der Waals surface area (Å²) in [5.74, 6) is -0.600. The van der Waals surface area contributed by atoms with Gasteiger partial charge in [-0.05, 0) is 96.9 Å². The van der Waals surface area contributed by atoms with E-state index in [1.165, 1.54) is 18.7 Å². The summed E-state index contributed by atoms with van der Waals surface area (Å²) < 4.78 is 5.88. The minimum absolute atomic E-state index is 0.0608. The molecule has 0 aliphatic rings. The first-order valence-corrected chi connectivity index (χ1v) is 16.7. The fraction of sp³-hybridized carbons (Fsp3) is 0.100. The molecule has 0 aliphatic carbocycles. The number of ether oxygens (including phenoxy) is 1. The van der Waals surface area contributed by atoms with Gasteiger partial charge < -0.3 is 26.0 Å². The fourth-order valence-electron chi connectivity index (χ4n) is 4.67. The van der Waals surface area contributed by atoms with Crippen molar-refractivity contribution in [2.45, 2.75) is 30.6 Å². The number of hydrogen-bond donors (Lipinski definition) is 4. The monoisotopic (exact) mass is 684 g/mol. The molecule has 0 bridgehead atoms. The molecule has 0 aromatic heterocycles. The standard InChI is InChI=1S/C40H36N4O5S/c1-27(38(46)42-33-17-15-32(16-18-33)41-28(2)45)50-36-23-19-34(20-24-36)43-40(48)37(44-39(47)31-11-7-4-8-12-31)25-29-13-21-35(22-14-29)49-26-30-9-5-3-6-10-30/h3-25,27H,26H2,1-2H3,(H,41,45)(H,42,46)(H,43,48)(H,44,47)/b37-25-. The van der Waals surface area contributed by atoms with Crippen LogP contribution in [0.1, 0.15) is 35.3 Å². The van der Waals surface area contributed by atoms with E-state index in [-0.39, 0.29) is 17.5 Å². The van der Waals surface area contributed by atoms with Crippen LogP contribution in [0.3, 0.4) is 0 Å². The van der Waals surface area contributed by atoms with Gasteiger partial charge in [-0.3, -0.25) is 19.2 Å². The van der Waals surface area contributed by atoms with Crippen LogP contribution in [0.4, 0.5) is 17.1 Å². The molecule has 10 heteroatoms. The van der Waals surface area contributed by atoms with Crippen molar-refractivity contribution in [1.29, 1.82) is 0 Å². The third kappa shape index (κ3) is 10.7. The Kier molecular flexibility index (Phi) is 12.2. The van der Waals surface area contributed by atoms with Gasteiger partial charge >= 0.3 is 0 Å². The van der Waals surface area contributed by atoms with Crippen molar-refractivity contribution in [2.75, 3.05) is 16.0 Å².